The van der Waals surface area contributed by atoms with E-state index in [1.54, 1.807) is 6.07 Å². The molecule has 2 atom stereocenters. The Balaban J connectivity index is 2.71. The monoisotopic (exact) mass is 414 g/mol. The van der Waals surface area contributed by atoms with E-state index in [4.69, 9.17) is 34.2 Å². The predicted octanol–water partition coefficient (Wildman–Crippen LogP) is 4.07. The summed E-state index contributed by atoms with van der Waals surface area (Å²) in [6.45, 7) is 0.992. The third-order valence-electron chi connectivity index (χ3n) is 3.03. The molecule has 2 aromatic rings. The van der Waals surface area contributed by atoms with Crippen molar-refractivity contribution in [1.29, 1.82) is 5.26 Å². The van der Waals surface area contributed by atoms with E-state index in [1.165, 1.54) is 0 Å². The maximum absolute atomic E-state index is 13.4. The lowest BCUT2D eigenvalue weighted by atomic mass is 10.2. The summed E-state index contributed by atoms with van der Waals surface area (Å²) in [5.41, 5.74) is 2.11. The number of nitriles is 1. The van der Waals surface area contributed by atoms with E-state index in [-0.39, 0.29) is 10.6 Å². The largest absolute Gasteiger partial charge is 0.609 e. The molecule has 134 valence electrons. The molecule has 25 heavy (non-hydrogen) atoms. The highest BCUT2D eigenvalue weighted by Crippen LogP contribution is 2.39. The van der Waals surface area contributed by atoms with Crippen molar-refractivity contribution in [3.05, 3.63) is 33.4 Å². The molecule has 0 saturated carbocycles. The van der Waals surface area contributed by atoms with Crippen LogP contribution in [0.3, 0.4) is 0 Å². The lowest BCUT2D eigenvalue weighted by molar-refractivity contribution is -0.137. The summed E-state index contributed by atoms with van der Waals surface area (Å²) < 4.78 is 64.5. The highest BCUT2D eigenvalue weighted by atomic mass is 35.5. The molecule has 2 N–H and O–H groups in total. The van der Waals surface area contributed by atoms with Crippen LogP contribution in [0.1, 0.15) is 18.2 Å². The summed E-state index contributed by atoms with van der Waals surface area (Å²) in [6, 6.07) is 2.80. The maximum Gasteiger partial charge on any atom is 0.416 e. The van der Waals surface area contributed by atoms with E-state index in [9.17, 15) is 22.1 Å². The standard InChI is InChI=1S/C13H8Cl2F4N4OS/c1-5(16)25(24)11-9(4-20)22-23(12(11)21)10-7(14)2-6(3-8(10)15)13(17,18)19/h2-3,5H,21H2,1H3. The van der Waals surface area contributed by atoms with Crippen molar-refractivity contribution < 1.29 is 22.1 Å². The molecular weight excluding hydrogens is 407 g/mol. The van der Waals surface area contributed by atoms with Crippen LogP contribution in [0.15, 0.2) is 17.0 Å². The first kappa shape index (κ1) is 19.7. The Morgan fingerprint density at radius 3 is 2.28 bits per heavy atom. The van der Waals surface area contributed by atoms with Gasteiger partial charge in [-0.05, 0) is 12.1 Å². The molecule has 0 aliphatic heterocycles. The Hall–Kier alpha value is -1.67. The van der Waals surface area contributed by atoms with Gasteiger partial charge in [0.05, 0.1) is 15.6 Å². The number of hydrogen-bond donors (Lipinski definition) is 1. The molecule has 0 fully saturated rings. The van der Waals surface area contributed by atoms with E-state index in [0.717, 1.165) is 11.6 Å². The molecular formula is C13H8Cl2F4N4OS. The molecule has 0 bridgehead atoms. The van der Waals surface area contributed by atoms with Gasteiger partial charge in [-0.1, -0.05) is 23.2 Å². The molecule has 5 nitrogen and oxygen atoms in total. The Morgan fingerprint density at radius 2 is 1.88 bits per heavy atom. The highest BCUT2D eigenvalue weighted by molar-refractivity contribution is 7.92. The average Bonchev–Trinajstić information content (AvgIpc) is 2.81. The van der Waals surface area contributed by atoms with Crippen molar-refractivity contribution in [2.24, 2.45) is 0 Å². The molecule has 0 saturated heterocycles. The first-order valence-electron chi connectivity index (χ1n) is 6.38. The van der Waals surface area contributed by atoms with Crippen molar-refractivity contribution >= 4 is 40.2 Å². The van der Waals surface area contributed by atoms with Gasteiger partial charge >= 0.3 is 6.18 Å². The van der Waals surface area contributed by atoms with Crippen LogP contribution in [-0.2, 0) is 17.4 Å². The van der Waals surface area contributed by atoms with Crippen LogP contribution in [0.25, 0.3) is 5.69 Å². The van der Waals surface area contributed by atoms with E-state index in [2.05, 4.69) is 5.10 Å². The minimum Gasteiger partial charge on any atom is -0.609 e. The number of aromatic nitrogens is 2. The molecule has 0 amide bonds. The number of benzene rings is 1. The number of halogens is 6. The van der Waals surface area contributed by atoms with Crippen LogP contribution in [0.4, 0.5) is 23.4 Å². The molecule has 1 aromatic heterocycles. The van der Waals surface area contributed by atoms with Crippen LogP contribution in [0, 0.1) is 11.3 Å². The number of alkyl halides is 4. The van der Waals surface area contributed by atoms with Crippen molar-refractivity contribution in [1.82, 2.24) is 9.78 Å². The third kappa shape index (κ3) is 3.64. The maximum atomic E-state index is 13.4. The molecule has 2 rings (SSSR count). The average molecular weight is 415 g/mol. The second-order valence-corrected chi connectivity index (χ2v) is 7.18. The Kier molecular flexibility index (Phi) is 5.44. The predicted molar refractivity (Wildman–Crippen MR) is 84.7 cm³/mol. The van der Waals surface area contributed by atoms with Crippen molar-refractivity contribution in [3.63, 3.8) is 0 Å². The quantitative estimate of drug-likeness (QED) is 0.605. The van der Waals surface area contributed by atoms with E-state index in [1.807, 2.05) is 0 Å². The fourth-order valence-corrected chi connectivity index (χ4v) is 3.49. The van der Waals surface area contributed by atoms with Crippen LogP contribution in [0.5, 0.6) is 0 Å². The third-order valence-corrected chi connectivity index (χ3v) is 5.01. The van der Waals surface area contributed by atoms with Crippen LogP contribution in [-0.4, -0.2) is 19.8 Å². The lowest BCUT2D eigenvalue weighted by Gasteiger charge is -2.14. The molecule has 1 aromatic carbocycles. The topological polar surface area (TPSA) is 90.7 Å². The molecule has 0 spiro atoms. The molecule has 2 unspecified atom stereocenters. The fourth-order valence-electron chi connectivity index (χ4n) is 1.95. The summed E-state index contributed by atoms with van der Waals surface area (Å²) in [4.78, 5) is -0.385. The number of hydrogen-bond acceptors (Lipinski definition) is 4. The van der Waals surface area contributed by atoms with E-state index >= 15 is 0 Å². The van der Waals surface area contributed by atoms with E-state index in [0.29, 0.717) is 12.1 Å². The van der Waals surface area contributed by atoms with Crippen LogP contribution < -0.4 is 5.73 Å². The summed E-state index contributed by atoms with van der Waals surface area (Å²) in [7, 11) is 0. The van der Waals surface area contributed by atoms with Crippen molar-refractivity contribution in [3.8, 4) is 11.8 Å². The summed E-state index contributed by atoms with van der Waals surface area (Å²) in [5.74, 6) is -0.414. The van der Waals surface area contributed by atoms with E-state index < -0.39 is 50.0 Å². The number of anilines is 1. The number of nitrogen functional groups attached to an aromatic ring is 1. The van der Waals surface area contributed by atoms with Gasteiger partial charge in [-0.3, -0.25) is 0 Å². The molecule has 12 heteroatoms. The number of nitrogens with zero attached hydrogens (tertiary/aromatic N) is 3. The van der Waals surface area contributed by atoms with Gasteiger partial charge in [0.15, 0.2) is 5.82 Å². The summed E-state index contributed by atoms with van der Waals surface area (Å²) >= 11 is 9.41. The Labute approximate surface area is 152 Å². The van der Waals surface area contributed by atoms with Gasteiger partial charge in [0, 0.05) is 18.1 Å². The van der Waals surface area contributed by atoms with Crippen LogP contribution >= 0.6 is 23.2 Å². The molecule has 0 aliphatic carbocycles. The van der Waals surface area contributed by atoms with Gasteiger partial charge in [-0.15, -0.1) is 5.10 Å². The minimum atomic E-state index is -4.68. The van der Waals surface area contributed by atoms with Gasteiger partial charge < -0.3 is 10.3 Å². The van der Waals surface area contributed by atoms with Gasteiger partial charge in [0.1, 0.15) is 11.8 Å². The van der Waals surface area contributed by atoms with Gasteiger partial charge in [0.25, 0.3) is 5.50 Å². The lowest BCUT2D eigenvalue weighted by Crippen LogP contribution is -2.15. The zero-order valence-corrected chi connectivity index (χ0v) is 14.6. The Morgan fingerprint density at radius 1 is 1.36 bits per heavy atom. The van der Waals surface area contributed by atoms with Gasteiger partial charge in [0.2, 0.25) is 10.6 Å². The first-order chi connectivity index (χ1) is 11.5. The molecule has 0 aliphatic rings. The smallest absolute Gasteiger partial charge is 0.416 e. The SMILES string of the molecule is CC(F)[S+]([O-])c1c(C#N)nn(-c2c(Cl)cc(C(F)(F)F)cc2Cl)c1N. The summed E-state index contributed by atoms with van der Waals surface area (Å²) in [5, 5.41) is 11.9. The second-order valence-electron chi connectivity index (χ2n) is 4.71. The Bertz CT molecular complexity index is 840. The fraction of sp³-hybridized carbons (Fsp3) is 0.231. The number of rotatable bonds is 3. The van der Waals surface area contributed by atoms with Crippen molar-refractivity contribution in [2.75, 3.05) is 5.73 Å². The molecule has 0 radical (unpaired) electrons. The normalized spacial score (nSPS) is 14.2. The van der Waals surface area contributed by atoms with Crippen molar-refractivity contribution in [2.45, 2.75) is 23.5 Å². The second kappa shape index (κ2) is 6.92. The highest BCUT2D eigenvalue weighted by Gasteiger charge is 2.35. The van der Waals surface area contributed by atoms with Gasteiger partial charge in [-0.25, -0.2) is 4.68 Å². The van der Waals surface area contributed by atoms with Gasteiger partial charge in [-0.2, -0.15) is 22.8 Å². The minimum absolute atomic E-state index is 0.250. The van der Waals surface area contributed by atoms with Crippen LogP contribution in [0.2, 0.25) is 10.0 Å². The first-order valence-corrected chi connectivity index (χ1v) is 8.35. The summed E-state index contributed by atoms with van der Waals surface area (Å²) in [6.07, 6.45) is -4.68. The molecule has 1 heterocycles. The zero-order valence-electron chi connectivity index (χ0n) is 12.2. The zero-order chi connectivity index (χ0) is 19.1. The number of nitrogens with two attached hydrogens (primary N) is 1.